The second-order valence-corrected chi connectivity index (χ2v) is 4.85. The van der Waals surface area contributed by atoms with E-state index in [0.717, 1.165) is 12.5 Å². The van der Waals surface area contributed by atoms with Gasteiger partial charge in [-0.15, -0.1) is 0 Å². The Kier molecular flexibility index (Phi) is 1.88. The molecule has 0 N–H and O–H groups in total. The van der Waals surface area contributed by atoms with Gasteiger partial charge in [0.1, 0.15) is 0 Å². The molecule has 74 valence electrons. The Morgan fingerprint density at radius 1 is 1.08 bits per heavy atom. The van der Waals surface area contributed by atoms with Crippen LogP contribution in [0.15, 0.2) is 0 Å². The Balaban J connectivity index is 1.73. The molecule has 2 aliphatic heterocycles. The van der Waals surface area contributed by atoms with Crippen LogP contribution < -0.4 is 0 Å². The zero-order valence-electron chi connectivity index (χ0n) is 8.13. The number of fused-ring (bicyclic) bond motifs is 1. The molecule has 0 radical (unpaired) electrons. The molecule has 0 aromatic rings. The SMILES string of the molecule is C1CCC2(CC1)C[C@@H]1CCO[C@@H]1O2. The molecule has 13 heavy (non-hydrogen) atoms. The summed E-state index contributed by atoms with van der Waals surface area (Å²) in [4.78, 5) is 0. The van der Waals surface area contributed by atoms with Gasteiger partial charge in [-0.25, -0.2) is 0 Å². The van der Waals surface area contributed by atoms with Crippen LogP contribution >= 0.6 is 0 Å². The molecule has 2 heteroatoms. The van der Waals surface area contributed by atoms with E-state index in [2.05, 4.69) is 0 Å². The Hall–Kier alpha value is -0.0800. The van der Waals surface area contributed by atoms with Crippen LogP contribution in [0.25, 0.3) is 0 Å². The van der Waals surface area contributed by atoms with Crippen LogP contribution in [0.2, 0.25) is 0 Å². The molecular weight excluding hydrogens is 164 g/mol. The molecule has 0 aromatic carbocycles. The van der Waals surface area contributed by atoms with Gasteiger partial charge in [-0.05, 0) is 25.7 Å². The van der Waals surface area contributed by atoms with Gasteiger partial charge in [-0.3, -0.25) is 0 Å². The van der Waals surface area contributed by atoms with Crippen molar-refractivity contribution in [2.45, 2.75) is 56.8 Å². The molecule has 2 heterocycles. The maximum Gasteiger partial charge on any atom is 0.161 e. The van der Waals surface area contributed by atoms with Gasteiger partial charge < -0.3 is 9.47 Å². The fourth-order valence-corrected chi connectivity index (χ4v) is 3.23. The molecule has 3 aliphatic rings. The first-order chi connectivity index (χ1) is 6.38. The summed E-state index contributed by atoms with van der Waals surface area (Å²) in [5.74, 6) is 0.720. The molecule has 2 nitrogen and oxygen atoms in total. The largest absolute Gasteiger partial charge is 0.352 e. The molecule has 2 saturated heterocycles. The summed E-state index contributed by atoms with van der Waals surface area (Å²) in [6.07, 6.45) is 9.36. The van der Waals surface area contributed by atoms with Crippen LogP contribution in [0.5, 0.6) is 0 Å². The summed E-state index contributed by atoms with van der Waals surface area (Å²) in [6.45, 7) is 0.922. The molecule has 0 unspecified atom stereocenters. The fraction of sp³-hybridized carbons (Fsp3) is 1.00. The number of ether oxygens (including phenoxy) is 2. The van der Waals surface area contributed by atoms with E-state index < -0.39 is 0 Å². The second kappa shape index (κ2) is 2.96. The standard InChI is InChI=1S/C11H18O2/c1-2-5-11(6-3-1)8-9-4-7-12-10(9)13-11/h9-10H,1-8H2/t9-,10+/m0/s1. The van der Waals surface area contributed by atoms with E-state index in [0.29, 0.717) is 0 Å². The third-order valence-corrected chi connectivity index (χ3v) is 3.92. The highest BCUT2D eigenvalue weighted by molar-refractivity contribution is 4.94. The van der Waals surface area contributed by atoms with Crippen LogP contribution in [-0.4, -0.2) is 18.5 Å². The quantitative estimate of drug-likeness (QED) is 0.573. The molecule has 3 fully saturated rings. The van der Waals surface area contributed by atoms with Gasteiger partial charge in [0.2, 0.25) is 0 Å². The number of rotatable bonds is 0. The molecule has 3 rings (SSSR count). The molecule has 1 aliphatic carbocycles. The average Bonchev–Trinajstić information content (AvgIpc) is 2.64. The summed E-state index contributed by atoms with van der Waals surface area (Å²) in [5, 5.41) is 0. The minimum atomic E-state index is 0.165. The van der Waals surface area contributed by atoms with Crippen molar-refractivity contribution in [1.82, 2.24) is 0 Å². The molecule has 0 bridgehead atoms. The summed E-state index contributed by atoms with van der Waals surface area (Å²) < 4.78 is 11.7. The lowest BCUT2D eigenvalue weighted by molar-refractivity contribution is -0.165. The normalized spacial score (nSPS) is 42.5. The summed E-state index contributed by atoms with van der Waals surface area (Å²) in [6, 6.07) is 0. The van der Waals surface area contributed by atoms with Crippen molar-refractivity contribution in [2.75, 3.05) is 6.61 Å². The van der Waals surface area contributed by atoms with E-state index in [1.807, 2.05) is 0 Å². The van der Waals surface area contributed by atoms with E-state index in [1.165, 1.54) is 44.9 Å². The maximum atomic E-state index is 6.09. The highest BCUT2D eigenvalue weighted by atomic mass is 16.7. The second-order valence-electron chi connectivity index (χ2n) is 4.85. The van der Waals surface area contributed by atoms with Crippen LogP contribution in [-0.2, 0) is 9.47 Å². The van der Waals surface area contributed by atoms with Gasteiger partial charge in [0.25, 0.3) is 0 Å². The molecule has 1 spiro atoms. The van der Waals surface area contributed by atoms with Crippen molar-refractivity contribution in [3.05, 3.63) is 0 Å². The smallest absolute Gasteiger partial charge is 0.161 e. The van der Waals surface area contributed by atoms with Gasteiger partial charge in [0.05, 0.1) is 12.2 Å². The first-order valence-electron chi connectivity index (χ1n) is 5.67. The lowest BCUT2D eigenvalue weighted by Gasteiger charge is -2.33. The van der Waals surface area contributed by atoms with Gasteiger partial charge in [-0.1, -0.05) is 19.3 Å². The Morgan fingerprint density at radius 3 is 2.69 bits per heavy atom. The zero-order chi connectivity index (χ0) is 8.73. The van der Waals surface area contributed by atoms with E-state index in [4.69, 9.17) is 9.47 Å². The minimum Gasteiger partial charge on any atom is -0.352 e. The minimum absolute atomic E-state index is 0.165. The summed E-state index contributed by atoms with van der Waals surface area (Å²) >= 11 is 0. The summed E-state index contributed by atoms with van der Waals surface area (Å²) in [5.41, 5.74) is 0.244. The van der Waals surface area contributed by atoms with E-state index in [9.17, 15) is 0 Å². The monoisotopic (exact) mass is 182 g/mol. The Bertz CT molecular complexity index is 182. The van der Waals surface area contributed by atoms with Gasteiger partial charge in [0.15, 0.2) is 6.29 Å². The van der Waals surface area contributed by atoms with E-state index >= 15 is 0 Å². The maximum absolute atomic E-state index is 6.09. The highest BCUT2D eigenvalue weighted by Crippen LogP contribution is 2.47. The van der Waals surface area contributed by atoms with E-state index in [1.54, 1.807) is 0 Å². The molecular formula is C11H18O2. The van der Waals surface area contributed by atoms with E-state index in [-0.39, 0.29) is 11.9 Å². The lowest BCUT2D eigenvalue weighted by Crippen LogP contribution is -2.32. The van der Waals surface area contributed by atoms with Gasteiger partial charge in [-0.2, -0.15) is 0 Å². The van der Waals surface area contributed by atoms with Crippen molar-refractivity contribution >= 4 is 0 Å². The van der Waals surface area contributed by atoms with Crippen LogP contribution in [0, 0.1) is 5.92 Å². The molecule has 0 aromatic heterocycles. The predicted molar refractivity (Wildman–Crippen MR) is 49.4 cm³/mol. The zero-order valence-corrected chi connectivity index (χ0v) is 8.13. The van der Waals surface area contributed by atoms with Crippen molar-refractivity contribution in [2.24, 2.45) is 5.92 Å². The molecule has 0 amide bonds. The van der Waals surface area contributed by atoms with Gasteiger partial charge >= 0.3 is 0 Å². The van der Waals surface area contributed by atoms with Crippen LogP contribution in [0.4, 0.5) is 0 Å². The average molecular weight is 182 g/mol. The third kappa shape index (κ3) is 1.31. The number of hydrogen-bond acceptors (Lipinski definition) is 2. The first kappa shape index (κ1) is 8.25. The number of hydrogen-bond donors (Lipinski definition) is 0. The van der Waals surface area contributed by atoms with Crippen molar-refractivity contribution in [3.8, 4) is 0 Å². The Labute approximate surface area is 79.6 Å². The van der Waals surface area contributed by atoms with Crippen molar-refractivity contribution in [3.63, 3.8) is 0 Å². The predicted octanol–water partition coefficient (Wildman–Crippen LogP) is 2.47. The van der Waals surface area contributed by atoms with Crippen molar-refractivity contribution < 1.29 is 9.47 Å². The molecule has 1 saturated carbocycles. The van der Waals surface area contributed by atoms with Crippen LogP contribution in [0.3, 0.4) is 0 Å². The molecule has 2 atom stereocenters. The fourth-order valence-electron chi connectivity index (χ4n) is 3.23. The van der Waals surface area contributed by atoms with Crippen molar-refractivity contribution in [1.29, 1.82) is 0 Å². The lowest BCUT2D eigenvalue weighted by atomic mass is 9.80. The van der Waals surface area contributed by atoms with Gasteiger partial charge in [0, 0.05) is 5.92 Å². The van der Waals surface area contributed by atoms with Crippen LogP contribution in [0.1, 0.15) is 44.9 Å². The topological polar surface area (TPSA) is 18.5 Å². The highest BCUT2D eigenvalue weighted by Gasteiger charge is 2.49. The Morgan fingerprint density at radius 2 is 1.92 bits per heavy atom. The first-order valence-corrected chi connectivity index (χ1v) is 5.67. The third-order valence-electron chi connectivity index (χ3n) is 3.92. The summed E-state index contributed by atoms with van der Waals surface area (Å²) in [7, 11) is 0.